The van der Waals surface area contributed by atoms with Crippen molar-refractivity contribution in [1.82, 2.24) is 10.2 Å². The Bertz CT molecular complexity index is 1430. The first-order valence-corrected chi connectivity index (χ1v) is 16.3. The van der Waals surface area contributed by atoms with E-state index in [1.54, 1.807) is 43.3 Å². The smallest absolute Gasteiger partial charge is 0.264 e. The van der Waals surface area contributed by atoms with Gasteiger partial charge in [0.05, 0.1) is 10.6 Å². The molecule has 8 heteroatoms. The van der Waals surface area contributed by atoms with Gasteiger partial charge in [0.2, 0.25) is 11.8 Å². The molecular weight excluding hydrogens is 546 g/mol. The van der Waals surface area contributed by atoms with Crippen LogP contribution in [0.3, 0.4) is 0 Å². The first-order valence-electron chi connectivity index (χ1n) is 14.9. The molecule has 0 saturated heterocycles. The molecular formula is C34H43N3O4S. The SMILES string of the molecule is Cc1ccc(S(=O)(=O)N(CC(=O)N(Cc2ccccc2)[C@@H](C)C(=O)NC2CCCCC2)c2ccc(C(C)C)cc2)cc1. The van der Waals surface area contributed by atoms with Crippen molar-refractivity contribution >= 4 is 27.5 Å². The van der Waals surface area contributed by atoms with Crippen molar-refractivity contribution in [3.05, 3.63) is 95.6 Å². The number of nitrogens with one attached hydrogen (secondary N) is 1. The van der Waals surface area contributed by atoms with E-state index in [1.165, 1.54) is 11.3 Å². The van der Waals surface area contributed by atoms with Crippen molar-refractivity contribution < 1.29 is 18.0 Å². The molecule has 1 fully saturated rings. The van der Waals surface area contributed by atoms with Gasteiger partial charge in [-0.15, -0.1) is 0 Å². The van der Waals surface area contributed by atoms with Crippen molar-refractivity contribution in [3.63, 3.8) is 0 Å². The lowest BCUT2D eigenvalue weighted by Gasteiger charge is -2.33. The maximum atomic E-state index is 14.1. The van der Waals surface area contributed by atoms with Gasteiger partial charge >= 0.3 is 0 Å². The molecule has 0 heterocycles. The minimum absolute atomic E-state index is 0.0975. The lowest BCUT2D eigenvalue weighted by molar-refractivity contribution is -0.139. The zero-order valence-electron chi connectivity index (χ0n) is 25.1. The number of nitrogens with zero attached hydrogens (tertiary/aromatic N) is 2. The highest BCUT2D eigenvalue weighted by Crippen LogP contribution is 2.27. The third kappa shape index (κ3) is 7.79. The predicted molar refractivity (Wildman–Crippen MR) is 168 cm³/mol. The molecule has 0 radical (unpaired) electrons. The maximum Gasteiger partial charge on any atom is 0.264 e. The summed E-state index contributed by atoms with van der Waals surface area (Å²) in [6.45, 7) is 7.49. The Morgan fingerprint density at radius 3 is 2.07 bits per heavy atom. The highest BCUT2D eigenvalue weighted by atomic mass is 32.2. The number of hydrogen-bond acceptors (Lipinski definition) is 4. The summed E-state index contributed by atoms with van der Waals surface area (Å²) in [5.41, 5.74) is 3.26. The summed E-state index contributed by atoms with van der Waals surface area (Å²) < 4.78 is 29.2. The van der Waals surface area contributed by atoms with E-state index in [0.29, 0.717) is 5.69 Å². The molecule has 0 unspecified atom stereocenters. The molecule has 0 aromatic heterocycles. The predicted octanol–water partition coefficient (Wildman–Crippen LogP) is 6.18. The van der Waals surface area contributed by atoms with Crippen LogP contribution in [0.25, 0.3) is 0 Å². The van der Waals surface area contributed by atoms with Crippen LogP contribution in [0.15, 0.2) is 83.8 Å². The molecule has 1 saturated carbocycles. The quantitative estimate of drug-likeness (QED) is 0.289. The van der Waals surface area contributed by atoms with E-state index in [9.17, 15) is 18.0 Å². The number of hydrogen-bond donors (Lipinski definition) is 1. The van der Waals surface area contributed by atoms with Crippen LogP contribution in [0.1, 0.15) is 75.5 Å². The van der Waals surface area contributed by atoms with E-state index < -0.39 is 28.5 Å². The Kier molecular flexibility index (Phi) is 10.4. The number of carbonyl (C=O) groups excluding carboxylic acids is 2. The fraction of sp³-hybridized carbons (Fsp3) is 0.412. The lowest BCUT2D eigenvalue weighted by atomic mass is 9.95. The molecule has 7 nitrogen and oxygen atoms in total. The molecule has 1 atom stereocenters. The zero-order valence-corrected chi connectivity index (χ0v) is 25.9. The van der Waals surface area contributed by atoms with Crippen LogP contribution in [0, 0.1) is 6.92 Å². The van der Waals surface area contributed by atoms with Crippen LogP contribution in [-0.4, -0.2) is 43.8 Å². The molecule has 2 amide bonds. The van der Waals surface area contributed by atoms with Gasteiger partial charge in [-0.1, -0.05) is 93.3 Å². The molecule has 4 rings (SSSR count). The van der Waals surface area contributed by atoms with Crippen molar-refractivity contribution in [2.45, 2.75) is 89.2 Å². The van der Waals surface area contributed by atoms with Gasteiger partial charge in [0.25, 0.3) is 10.0 Å². The molecule has 1 N–H and O–H groups in total. The Balaban J connectivity index is 1.67. The molecule has 1 aliphatic carbocycles. The van der Waals surface area contributed by atoms with Gasteiger partial charge in [-0.3, -0.25) is 13.9 Å². The molecule has 3 aromatic rings. The van der Waals surface area contributed by atoms with E-state index in [1.807, 2.05) is 49.4 Å². The molecule has 42 heavy (non-hydrogen) atoms. The minimum atomic E-state index is -4.09. The first-order chi connectivity index (χ1) is 20.1. The number of sulfonamides is 1. The van der Waals surface area contributed by atoms with E-state index in [4.69, 9.17) is 0 Å². The standard InChI is InChI=1S/C34H43N3O4S/c1-25(2)29-17-19-31(20-18-29)37(42(40,41)32-21-15-26(3)16-22-32)24-33(38)36(23-28-11-7-5-8-12-28)27(4)34(39)35-30-13-9-6-10-14-30/h5,7-8,11-12,15-22,25,27,30H,6,9-10,13-14,23-24H2,1-4H3,(H,35,39)/t27-/m0/s1. The molecule has 1 aliphatic rings. The van der Waals surface area contributed by atoms with Crippen molar-refractivity contribution in [2.24, 2.45) is 0 Å². The van der Waals surface area contributed by atoms with Crippen LogP contribution in [0.2, 0.25) is 0 Å². The van der Waals surface area contributed by atoms with Crippen LogP contribution in [0.4, 0.5) is 5.69 Å². The average Bonchev–Trinajstić information content (AvgIpc) is 2.99. The molecule has 224 valence electrons. The lowest BCUT2D eigenvalue weighted by Crippen LogP contribution is -2.53. The summed E-state index contributed by atoms with van der Waals surface area (Å²) in [6.07, 6.45) is 5.19. The number of benzene rings is 3. The summed E-state index contributed by atoms with van der Waals surface area (Å²) >= 11 is 0. The number of anilines is 1. The molecule has 0 bridgehead atoms. The fourth-order valence-electron chi connectivity index (χ4n) is 5.32. The Hall–Kier alpha value is -3.65. The molecule has 0 spiro atoms. The van der Waals surface area contributed by atoms with Gasteiger partial charge in [0.15, 0.2) is 0 Å². The highest BCUT2D eigenvalue weighted by molar-refractivity contribution is 7.92. The van der Waals surface area contributed by atoms with Gasteiger partial charge in [-0.2, -0.15) is 0 Å². The van der Waals surface area contributed by atoms with Crippen LogP contribution < -0.4 is 9.62 Å². The second kappa shape index (κ2) is 14.0. The molecule has 3 aromatic carbocycles. The van der Waals surface area contributed by atoms with Crippen LogP contribution in [0.5, 0.6) is 0 Å². The molecule has 0 aliphatic heterocycles. The Morgan fingerprint density at radius 1 is 0.857 bits per heavy atom. The number of amides is 2. The van der Waals surface area contributed by atoms with Crippen molar-refractivity contribution in [3.8, 4) is 0 Å². The summed E-state index contributed by atoms with van der Waals surface area (Å²) in [7, 11) is -4.09. The third-order valence-corrected chi connectivity index (χ3v) is 9.84. The summed E-state index contributed by atoms with van der Waals surface area (Å²) in [5, 5.41) is 3.14. The number of carbonyl (C=O) groups is 2. The minimum Gasteiger partial charge on any atom is -0.352 e. The van der Waals surface area contributed by atoms with Crippen molar-refractivity contribution in [2.75, 3.05) is 10.8 Å². The van der Waals surface area contributed by atoms with E-state index >= 15 is 0 Å². The summed E-state index contributed by atoms with van der Waals surface area (Å²) in [4.78, 5) is 29.1. The van der Waals surface area contributed by atoms with Gasteiger partial charge < -0.3 is 10.2 Å². The van der Waals surface area contributed by atoms with Gasteiger partial charge in [0.1, 0.15) is 12.6 Å². The Labute approximate surface area is 251 Å². The topological polar surface area (TPSA) is 86.8 Å². The van der Waals surface area contributed by atoms with Crippen LogP contribution in [-0.2, 0) is 26.2 Å². The van der Waals surface area contributed by atoms with Gasteiger partial charge in [-0.05, 0) is 68.0 Å². The second-order valence-electron chi connectivity index (χ2n) is 11.6. The Morgan fingerprint density at radius 2 is 1.48 bits per heavy atom. The van der Waals surface area contributed by atoms with Gasteiger partial charge in [-0.25, -0.2) is 8.42 Å². The zero-order chi connectivity index (χ0) is 30.3. The largest absolute Gasteiger partial charge is 0.352 e. The van der Waals surface area contributed by atoms with Crippen LogP contribution >= 0.6 is 0 Å². The van der Waals surface area contributed by atoms with Gasteiger partial charge in [0, 0.05) is 12.6 Å². The van der Waals surface area contributed by atoms with E-state index in [-0.39, 0.29) is 29.3 Å². The third-order valence-electron chi connectivity index (χ3n) is 8.05. The summed E-state index contributed by atoms with van der Waals surface area (Å²) in [5.74, 6) is -0.401. The second-order valence-corrected chi connectivity index (χ2v) is 13.5. The van der Waals surface area contributed by atoms with E-state index in [2.05, 4.69) is 19.2 Å². The maximum absolute atomic E-state index is 14.1. The van der Waals surface area contributed by atoms with Crippen molar-refractivity contribution in [1.29, 1.82) is 0 Å². The first kappa shape index (κ1) is 31.3. The summed E-state index contributed by atoms with van der Waals surface area (Å²) in [6, 6.07) is 22.7. The number of rotatable bonds is 11. The monoisotopic (exact) mass is 589 g/mol. The highest BCUT2D eigenvalue weighted by Gasteiger charge is 2.33. The normalized spacial score (nSPS) is 14.8. The fourth-order valence-corrected chi connectivity index (χ4v) is 6.74. The average molecular weight is 590 g/mol. The number of aryl methyl sites for hydroxylation is 1. The van der Waals surface area contributed by atoms with E-state index in [0.717, 1.165) is 46.7 Å².